The van der Waals surface area contributed by atoms with Crippen molar-refractivity contribution in [1.82, 2.24) is 4.90 Å². The van der Waals surface area contributed by atoms with E-state index in [-0.39, 0.29) is 18.3 Å². The van der Waals surface area contributed by atoms with Crippen LogP contribution in [0.4, 0.5) is 0 Å². The minimum atomic E-state index is -0.243. The van der Waals surface area contributed by atoms with Crippen LogP contribution in [0.15, 0.2) is 59.0 Å². The van der Waals surface area contributed by atoms with E-state index in [4.69, 9.17) is 14.4 Å². The first-order valence-electron chi connectivity index (χ1n) is 8.00. The first-order valence-corrected chi connectivity index (χ1v) is 8.00. The van der Waals surface area contributed by atoms with Gasteiger partial charge in [-0.05, 0) is 35.0 Å². The minimum Gasteiger partial charge on any atom is -0.486 e. The summed E-state index contributed by atoms with van der Waals surface area (Å²) in [6.07, 6.45) is 0.293. The van der Waals surface area contributed by atoms with Crippen LogP contribution in [0.25, 0.3) is 10.8 Å². The fraction of sp³-hybridized carbons (Fsp3) is 0.200. The molecule has 126 valence electrons. The third-order valence-corrected chi connectivity index (χ3v) is 3.88. The highest BCUT2D eigenvalue weighted by atomic mass is 16.5. The summed E-state index contributed by atoms with van der Waals surface area (Å²) in [5.74, 6) is 1.32. The van der Waals surface area contributed by atoms with Crippen LogP contribution in [-0.2, 0) is 6.61 Å². The molecule has 0 aliphatic rings. The molecule has 0 bridgehead atoms. The molecule has 5 nitrogen and oxygen atoms in total. The van der Waals surface area contributed by atoms with Crippen LogP contribution in [0.5, 0.6) is 5.75 Å². The van der Waals surface area contributed by atoms with E-state index in [9.17, 15) is 4.79 Å². The summed E-state index contributed by atoms with van der Waals surface area (Å²) < 4.78 is 11.3. The summed E-state index contributed by atoms with van der Waals surface area (Å²) in [5.41, 5.74) is 0. The number of rotatable bonds is 6. The largest absolute Gasteiger partial charge is 0.486 e. The normalized spacial score (nSPS) is 10.4. The van der Waals surface area contributed by atoms with Crippen molar-refractivity contribution in [3.05, 3.63) is 66.1 Å². The Morgan fingerprint density at radius 1 is 1.16 bits per heavy atom. The lowest BCUT2D eigenvalue weighted by molar-refractivity contribution is 0.0762. The van der Waals surface area contributed by atoms with Crippen LogP contribution < -0.4 is 4.74 Å². The van der Waals surface area contributed by atoms with Crippen molar-refractivity contribution < 1.29 is 13.9 Å². The summed E-state index contributed by atoms with van der Waals surface area (Å²) in [7, 11) is 1.65. The Balaban J connectivity index is 1.63. The van der Waals surface area contributed by atoms with Gasteiger partial charge in [0, 0.05) is 13.6 Å². The Morgan fingerprint density at radius 2 is 1.96 bits per heavy atom. The third kappa shape index (κ3) is 3.99. The second kappa shape index (κ2) is 7.54. The second-order valence-corrected chi connectivity index (χ2v) is 5.70. The van der Waals surface area contributed by atoms with Crippen molar-refractivity contribution in [3.63, 3.8) is 0 Å². The Labute approximate surface area is 146 Å². The van der Waals surface area contributed by atoms with Crippen LogP contribution >= 0.6 is 0 Å². The van der Waals surface area contributed by atoms with Gasteiger partial charge in [0.15, 0.2) is 5.76 Å². The summed E-state index contributed by atoms with van der Waals surface area (Å²) in [5, 5.41) is 10.8. The Hall–Kier alpha value is -3.26. The number of nitrogens with zero attached hydrogens (tertiary/aromatic N) is 2. The highest BCUT2D eigenvalue weighted by Gasteiger charge is 2.15. The molecule has 25 heavy (non-hydrogen) atoms. The van der Waals surface area contributed by atoms with E-state index in [0.717, 1.165) is 16.5 Å². The Kier molecular flexibility index (Phi) is 5.00. The molecule has 3 aromatic rings. The van der Waals surface area contributed by atoms with Crippen molar-refractivity contribution >= 4 is 16.7 Å². The van der Waals surface area contributed by atoms with E-state index < -0.39 is 0 Å². The molecule has 0 saturated heterocycles. The molecule has 1 aromatic heterocycles. The number of carbonyl (C=O) groups excluding carboxylic acids is 1. The van der Waals surface area contributed by atoms with Gasteiger partial charge in [0.2, 0.25) is 0 Å². The standard InChI is InChI=1S/C20H18N2O3/c1-22(12-4-11-21)20(23)19-10-9-18(25-19)14-24-17-8-7-15-5-2-3-6-16(15)13-17/h2-3,5-10,13H,4,12,14H2,1H3. The highest BCUT2D eigenvalue weighted by molar-refractivity contribution is 5.91. The average Bonchev–Trinajstić information content (AvgIpc) is 3.12. The summed E-state index contributed by atoms with van der Waals surface area (Å²) in [6.45, 7) is 0.618. The molecule has 0 fully saturated rings. The zero-order valence-electron chi connectivity index (χ0n) is 13.9. The van der Waals surface area contributed by atoms with E-state index in [0.29, 0.717) is 18.7 Å². The van der Waals surface area contributed by atoms with Crippen LogP contribution in [0.1, 0.15) is 22.7 Å². The molecule has 1 heterocycles. The molecule has 0 aliphatic heterocycles. The molecule has 0 radical (unpaired) electrons. The zero-order valence-corrected chi connectivity index (χ0v) is 13.9. The van der Waals surface area contributed by atoms with Gasteiger partial charge in [-0.2, -0.15) is 5.26 Å². The van der Waals surface area contributed by atoms with Gasteiger partial charge in [-0.3, -0.25) is 4.79 Å². The number of benzene rings is 2. The molecule has 0 atom stereocenters. The number of ether oxygens (including phenoxy) is 1. The van der Waals surface area contributed by atoms with Gasteiger partial charge in [-0.25, -0.2) is 0 Å². The number of hydrogen-bond acceptors (Lipinski definition) is 4. The average molecular weight is 334 g/mol. The lowest BCUT2D eigenvalue weighted by atomic mass is 10.1. The van der Waals surface area contributed by atoms with Crippen LogP contribution in [0, 0.1) is 11.3 Å². The SMILES string of the molecule is CN(CCC#N)C(=O)c1ccc(COc2ccc3ccccc3c2)o1. The smallest absolute Gasteiger partial charge is 0.289 e. The van der Waals surface area contributed by atoms with Crippen LogP contribution in [0.2, 0.25) is 0 Å². The predicted octanol–water partition coefficient (Wildman–Crippen LogP) is 4.00. The predicted molar refractivity (Wildman–Crippen MR) is 94.2 cm³/mol. The van der Waals surface area contributed by atoms with Gasteiger partial charge < -0.3 is 14.1 Å². The number of nitriles is 1. The van der Waals surface area contributed by atoms with Gasteiger partial charge in [0.05, 0.1) is 12.5 Å². The van der Waals surface area contributed by atoms with E-state index in [2.05, 4.69) is 0 Å². The molecule has 5 heteroatoms. The van der Waals surface area contributed by atoms with Crippen molar-refractivity contribution in [1.29, 1.82) is 5.26 Å². The maximum Gasteiger partial charge on any atom is 0.289 e. The quantitative estimate of drug-likeness (QED) is 0.683. The lowest BCUT2D eigenvalue weighted by Gasteiger charge is -2.13. The van der Waals surface area contributed by atoms with Gasteiger partial charge in [-0.1, -0.05) is 30.3 Å². The van der Waals surface area contributed by atoms with Gasteiger partial charge in [-0.15, -0.1) is 0 Å². The number of amides is 1. The van der Waals surface area contributed by atoms with E-state index >= 15 is 0 Å². The number of furan rings is 1. The van der Waals surface area contributed by atoms with Crippen LogP contribution in [0.3, 0.4) is 0 Å². The van der Waals surface area contributed by atoms with Crippen molar-refractivity contribution in [3.8, 4) is 11.8 Å². The molecule has 0 aliphatic carbocycles. The molecule has 2 aromatic carbocycles. The Bertz CT molecular complexity index is 924. The first kappa shape index (κ1) is 16.6. The van der Waals surface area contributed by atoms with E-state index in [1.165, 1.54) is 4.90 Å². The molecule has 1 amide bonds. The second-order valence-electron chi connectivity index (χ2n) is 5.70. The van der Waals surface area contributed by atoms with Gasteiger partial charge in [0.1, 0.15) is 18.1 Å². The summed E-state index contributed by atoms with van der Waals surface area (Å²) in [4.78, 5) is 13.6. The molecule has 0 saturated carbocycles. The topological polar surface area (TPSA) is 66.5 Å². The monoisotopic (exact) mass is 334 g/mol. The lowest BCUT2D eigenvalue weighted by Crippen LogP contribution is -2.27. The van der Waals surface area contributed by atoms with Crippen molar-refractivity contribution in [2.75, 3.05) is 13.6 Å². The van der Waals surface area contributed by atoms with Crippen molar-refractivity contribution in [2.45, 2.75) is 13.0 Å². The fourth-order valence-corrected chi connectivity index (χ4v) is 2.49. The minimum absolute atomic E-state index is 0.243. The highest BCUT2D eigenvalue weighted by Crippen LogP contribution is 2.22. The van der Waals surface area contributed by atoms with Crippen molar-refractivity contribution in [2.24, 2.45) is 0 Å². The number of hydrogen-bond donors (Lipinski definition) is 0. The third-order valence-electron chi connectivity index (χ3n) is 3.88. The number of carbonyl (C=O) groups is 1. The summed E-state index contributed by atoms with van der Waals surface area (Å²) in [6, 6.07) is 19.3. The molecule has 3 rings (SSSR count). The van der Waals surface area contributed by atoms with E-state index in [1.54, 1.807) is 19.2 Å². The van der Waals surface area contributed by atoms with Gasteiger partial charge in [0.25, 0.3) is 5.91 Å². The molecule has 0 unspecified atom stereocenters. The molecule has 0 spiro atoms. The maximum absolute atomic E-state index is 12.2. The first-order chi connectivity index (χ1) is 12.2. The maximum atomic E-state index is 12.2. The Morgan fingerprint density at radius 3 is 2.76 bits per heavy atom. The molecule has 0 N–H and O–H groups in total. The van der Waals surface area contributed by atoms with Crippen LogP contribution in [-0.4, -0.2) is 24.4 Å². The van der Waals surface area contributed by atoms with Gasteiger partial charge >= 0.3 is 0 Å². The zero-order chi connectivity index (χ0) is 17.6. The molecular weight excluding hydrogens is 316 g/mol. The molecular formula is C20H18N2O3. The van der Waals surface area contributed by atoms with E-state index in [1.807, 2.05) is 48.5 Å². The number of fused-ring (bicyclic) bond motifs is 1. The fourth-order valence-electron chi connectivity index (χ4n) is 2.49. The summed E-state index contributed by atoms with van der Waals surface area (Å²) >= 11 is 0.